The molecular formula is C15H16FNO. The van der Waals surface area contributed by atoms with Gasteiger partial charge < -0.3 is 5.32 Å². The van der Waals surface area contributed by atoms with Gasteiger partial charge in [-0.2, -0.15) is 0 Å². The van der Waals surface area contributed by atoms with Crippen molar-refractivity contribution in [3.63, 3.8) is 0 Å². The highest BCUT2D eigenvalue weighted by molar-refractivity contribution is 5.86. The summed E-state index contributed by atoms with van der Waals surface area (Å²) < 4.78 is 13.5. The lowest BCUT2D eigenvalue weighted by Gasteiger charge is -2.19. The Bertz CT molecular complexity index is 505. The Morgan fingerprint density at radius 1 is 1.50 bits per heavy atom. The molecule has 1 aromatic rings. The van der Waals surface area contributed by atoms with Gasteiger partial charge in [0.05, 0.1) is 0 Å². The number of halogens is 1. The minimum absolute atomic E-state index is 0.260. The molecule has 3 heteroatoms. The molecule has 18 heavy (non-hydrogen) atoms. The van der Waals surface area contributed by atoms with E-state index in [1.807, 2.05) is 18.2 Å². The van der Waals surface area contributed by atoms with E-state index >= 15 is 0 Å². The van der Waals surface area contributed by atoms with Crippen molar-refractivity contribution in [2.24, 2.45) is 0 Å². The summed E-state index contributed by atoms with van der Waals surface area (Å²) >= 11 is 0. The Kier molecular flexibility index (Phi) is 3.92. The third-order valence-corrected chi connectivity index (χ3v) is 3.13. The van der Waals surface area contributed by atoms with Gasteiger partial charge in [0, 0.05) is 17.8 Å². The average molecular weight is 245 g/mol. The number of benzene rings is 1. The van der Waals surface area contributed by atoms with E-state index in [9.17, 15) is 9.18 Å². The van der Waals surface area contributed by atoms with Crippen LogP contribution in [0.2, 0.25) is 0 Å². The number of nitrogens with one attached hydrogen (secondary N) is 1. The van der Waals surface area contributed by atoms with E-state index in [0.29, 0.717) is 12.0 Å². The molecule has 0 bridgehead atoms. The molecule has 0 unspecified atom stereocenters. The summed E-state index contributed by atoms with van der Waals surface area (Å²) in [7, 11) is 0. The highest BCUT2D eigenvalue weighted by Gasteiger charge is 2.12. The summed E-state index contributed by atoms with van der Waals surface area (Å²) in [5.74, 6) is -0.710. The molecule has 0 saturated carbocycles. The molecule has 0 amide bonds. The van der Waals surface area contributed by atoms with Crippen LogP contribution in [0.25, 0.3) is 5.57 Å². The van der Waals surface area contributed by atoms with Crippen LogP contribution >= 0.6 is 0 Å². The maximum absolute atomic E-state index is 13.5. The zero-order chi connectivity index (χ0) is 13.0. The van der Waals surface area contributed by atoms with Crippen molar-refractivity contribution in [1.82, 2.24) is 0 Å². The normalized spacial score (nSPS) is 15.2. The van der Waals surface area contributed by atoms with Gasteiger partial charge in [0.15, 0.2) is 12.1 Å². The highest BCUT2D eigenvalue weighted by Crippen LogP contribution is 2.29. The second-order valence-electron chi connectivity index (χ2n) is 4.34. The zero-order valence-corrected chi connectivity index (χ0v) is 10.2. The number of carbonyl (C=O) groups excluding carboxylic acids is 1. The van der Waals surface area contributed by atoms with Crippen LogP contribution in [-0.2, 0) is 11.2 Å². The Morgan fingerprint density at radius 3 is 3.06 bits per heavy atom. The number of aryl methyl sites for hydroxylation is 1. The fraction of sp³-hybridized carbons (Fsp3) is 0.267. The summed E-state index contributed by atoms with van der Waals surface area (Å²) in [6.45, 7) is 4.58. The molecule has 0 saturated heterocycles. The van der Waals surface area contributed by atoms with Crippen LogP contribution in [0.1, 0.15) is 24.0 Å². The molecule has 1 aliphatic heterocycles. The topological polar surface area (TPSA) is 29.1 Å². The monoisotopic (exact) mass is 245 g/mol. The van der Waals surface area contributed by atoms with Gasteiger partial charge in [-0.15, -0.1) is 6.58 Å². The predicted octanol–water partition coefficient (Wildman–Crippen LogP) is 3.50. The van der Waals surface area contributed by atoms with Crippen LogP contribution in [-0.4, -0.2) is 12.8 Å². The fourth-order valence-corrected chi connectivity index (χ4v) is 2.23. The largest absolute Gasteiger partial charge is 0.385 e. The minimum atomic E-state index is -0.710. The Hall–Kier alpha value is -1.90. The van der Waals surface area contributed by atoms with E-state index in [1.54, 1.807) is 6.08 Å². The predicted molar refractivity (Wildman–Crippen MR) is 72.2 cm³/mol. The first-order valence-corrected chi connectivity index (χ1v) is 6.08. The first-order valence-electron chi connectivity index (χ1n) is 6.08. The molecule has 0 fully saturated rings. The van der Waals surface area contributed by atoms with Crippen LogP contribution in [0.5, 0.6) is 0 Å². The lowest BCUT2D eigenvalue weighted by atomic mass is 9.95. The van der Waals surface area contributed by atoms with Crippen molar-refractivity contribution in [3.8, 4) is 0 Å². The first-order chi connectivity index (χ1) is 8.76. The van der Waals surface area contributed by atoms with Gasteiger partial charge in [0.2, 0.25) is 0 Å². The molecule has 1 aliphatic rings. The molecule has 1 heterocycles. The standard InChI is InChI=1S/C15H16FNO/c1-2-4-13(14(16)10-18)11-6-7-15-12(9-11)5-3-8-17-15/h2,6-7,9-10,17H,1,3-5,8H2. The first kappa shape index (κ1) is 12.6. The van der Waals surface area contributed by atoms with Crippen LogP contribution < -0.4 is 5.32 Å². The Balaban J connectivity index is 2.42. The summed E-state index contributed by atoms with van der Waals surface area (Å²) in [6.07, 6.45) is 4.29. The highest BCUT2D eigenvalue weighted by atomic mass is 19.1. The van der Waals surface area contributed by atoms with Gasteiger partial charge in [0.25, 0.3) is 0 Å². The maximum Gasteiger partial charge on any atom is 0.178 e. The molecule has 0 radical (unpaired) electrons. The molecule has 1 aromatic carbocycles. The molecule has 1 N–H and O–H groups in total. The summed E-state index contributed by atoms with van der Waals surface area (Å²) in [5, 5.41) is 3.30. The van der Waals surface area contributed by atoms with Crippen molar-refractivity contribution >= 4 is 17.5 Å². The van der Waals surface area contributed by atoms with E-state index in [-0.39, 0.29) is 6.29 Å². The van der Waals surface area contributed by atoms with Gasteiger partial charge in [-0.1, -0.05) is 12.1 Å². The van der Waals surface area contributed by atoms with Crippen molar-refractivity contribution in [2.75, 3.05) is 11.9 Å². The van der Waals surface area contributed by atoms with E-state index in [2.05, 4.69) is 11.9 Å². The number of rotatable bonds is 4. The number of aldehydes is 1. The average Bonchev–Trinajstić information content (AvgIpc) is 2.43. The second kappa shape index (κ2) is 5.63. The number of anilines is 1. The second-order valence-corrected chi connectivity index (χ2v) is 4.34. The summed E-state index contributed by atoms with van der Waals surface area (Å²) in [5.41, 5.74) is 3.46. The summed E-state index contributed by atoms with van der Waals surface area (Å²) in [4.78, 5) is 10.6. The van der Waals surface area contributed by atoms with Gasteiger partial charge in [-0.3, -0.25) is 4.79 Å². The molecule has 94 valence electrons. The van der Waals surface area contributed by atoms with Gasteiger partial charge >= 0.3 is 0 Å². The van der Waals surface area contributed by atoms with E-state index in [1.165, 1.54) is 5.56 Å². The molecule has 0 atom stereocenters. The number of carbonyl (C=O) groups is 1. The van der Waals surface area contributed by atoms with E-state index in [4.69, 9.17) is 0 Å². The molecule has 0 spiro atoms. The van der Waals surface area contributed by atoms with Gasteiger partial charge in [-0.05, 0) is 42.5 Å². The molecule has 0 aromatic heterocycles. The van der Waals surface area contributed by atoms with Crippen molar-refractivity contribution in [2.45, 2.75) is 19.3 Å². The van der Waals surface area contributed by atoms with Crippen molar-refractivity contribution in [1.29, 1.82) is 0 Å². The number of fused-ring (bicyclic) bond motifs is 1. The smallest absolute Gasteiger partial charge is 0.178 e. The van der Waals surface area contributed by atoms with E-state index in [0.717, 1.165) is 30.6 Å². The Morgan fingerprint density at radius 2 is 2.33 bits per heavy atom. The number of allylic oxidation sites excluding steroid dienone is 3. The molecule has 2 nitrogen and oxygen atoms in total. The fourth-order valence-electron chi connectivity index (χ4n) is 2.23. The van der Waals surface area contributed by atoms with Crippen LogP contribution in [0.15, 0.2) is 36.7 Å². The minimum Gasteiger partial charge on any atom is -0.385 e. The lowest BCUT2D eigenvalue weighted by molar-refractivity contribution is -0.106. The Labute approximate surface area is 106 Å². The van der Waals surface area contributed by atoms with Crippen LogP contribution in [0.4, 0.5) is 10.1 Å². The summed E-state index contributed by atoms with van der Waals surface area (Å²) in [6, 6.07) is 5.76. The lowest BCUT2D eigenvalue weighted by Crippen LogP contribution is -2.11. The van der Waals surface area contributed by atoms with Gasteiger partial charge in [-0.25, -0.2) is 4.39 Å². The van der Waals surface area contributed by atoms with Crippen LogP contribution in [0.3, 0.4) is 0 Å². The third-order valence-electron chi connectivity index (χ3n) is 3.13. The number of hydrogen-bond donors (Lipinski definition) is 1. The molecular weight excluding hydrogens is 229 g/mol. The third kappa shape index (κ3) is 2.50. The molecule has 0 aliphatic carbocycles. The van der Waals surface area contributed by atoms with Gasteiger partial charge in [0.1, 0.15) is 0 Å². The SMILES string of the molecule is C=CCC(=C(F)C=O)c1ccc2c(c1)CCCN2. The molecule has 2 rings (SSSR count). The zero-order valence-electron chi connectivity index (χ0n) is 10.2. The quantitative estimate of drug-likeness (QED) is 0.499. The van der Waals surface area contributed by atoms with Crippen molar-refractivity contribution < 1.29 is 9.18 Å². The number of hydrogen-bond acceptors (Lipinski definition) is 2. The van der Waals surface area contributed by atoms with E-state index < -0.39 is 5.83 Å². The van der Waals surface area contributed by atoms with Crippen LogP contribution in [0, 0.1) is 0 Å². The van der Waals surface area contributed by atoms with Crippen molar-refractivity contribution in [3.05, 3.63) is 47.8 Å². The maximum atomic E-state index is 13.5.